The summed E-state index contributed by atoms with van der Waals surface area (Å²) in [4.78, 5) is 16.2. The SMILES string of the molecule is CCSCC(C)Nc1nccn(C2CC2)c1=O. The van der Waals surface area contributed by atoms with E-state index in [1.54, 1.807) is 17.0 Å². The van der Waals surface area contributed by atoms with Crippen LogP contribution in [0.1, 0.15) is 32.7 Å². The maximum Gasteiger partial charge on any atom is 0.293 e. The lowest BCUT2D eigenvalue weighted by Crippen LogP contribution is -2.28. The number of thioether (sulfide) groups is 1. The Morgan fingerprint density at radius 2 is 2.41 bits per heavy atom. The van der Waals surface area contributed by atoms with Crippen LogP contribution in [0.4, 0.5) is 5.82 Å². The first kappa shape index (κ1) is 12.5. The minimum absolute atomic E-state index is 0.0170. The van der Waals surface area contributed by atoms with Crippen LogP contribution >= 0.6 is 11.8 Å². The molecular weight excluding hydrogens is 234 g/mol. The van der Waals surface area contributed by atoms with Gasteiger partial charge >= 0.3 is 0 Å². The number of hydrogen-bond donors (Lipinski definition) is 1. The van der Waals surface area contributed by atoms with Gasteiger partial charge in [0.15, 0.2) is 5.82 Å². The van der Waals surface area contributed by atoms with E-state index >= 15 is 0 Å². The molecule has 1 unspecified atom stereocenters. The molecule has 17 heavy (non-hydrogen) atoms. The van der Waals surface area contributed by atoms with Crippen LogP contribution in [0, 0.1) is 0 Å². The largest absolute Gasteiger partial charge is 0.362 e. The van der Waals surface area contributed by atoms with Gasteiger partial charge in [-0.3, -0.25) is 4.79 Å². The highest BCUT2D eigenvalue weighted by atomic mass is 32.2. The van der Waals surface area contributed by atoms with Gasteiger partial charge in [0.25, 0.3) is 5.56 Å². The minimum Gasteiger partial charge on any atom is -0.362 e. The van der Waals surface area contributed by atoms with Gasteiger partial charge in [-0.25, -0.2) is 4.98 Å². The van der Waals surface area contributed by atoms with Crippen molar-refractivity contribution in [3.8, 4) is 0 Å². The van der Waals surface area contributed by atoms with E-state index in [2.05, 4.69) is 24.1 Å². The highest BCUT2D eigenvalue weighted by Crippen LogP contribution is 2.33. The Morgan fingerprint density at radius 3 is 3.06 bits per heavy atom. The zero-order chi connectivity index (χ0) is 12.3. The molecule has 1 fully saturated rings. The van der Waals surface area contributed by atoms with E-state index in [9.17, 15) is 4.79 Å². The summed E-state index contributed by atoms with van der Waals surface area (Å²) >= 11 is 1.87. The van der Waals surface area contributed by atoms with Crippen LogP contribution in [0.25, 0.3) is 0 Å². The molecule has 0 radical (unpaired) electrons. The maximum absolute atomic E-state index is 12.1. The lowest BCUT2D eigenvalue weighted by Gasteiger charge is -2.14. The third-order valence-electron chi connectivity index (χ3n) is 2.76. The summed E-state index contributed by atoms with van der Waals surface area (Å²) in [5, 5.41) is 3.20. The smallest absolute Gasteiger partial charge is 0.293 e. The molecular formula is C12H19N3OS. The van der Waals surface area contributed by atoms with Crippen molar-refractivity contribution < 1.29 is 0 Å². The molecule has 0 aliphatic heterocycles. The zero-order valence-corrected chi connectivity index (χ0v) is 11.2. The molecule has 4 nitrogen and oxygen atoms in total. The fourth-order valence-electron chi connectivity index (χ4n) is 1.73. The standard InChI is InChI=1S/C12H19N3OS/c1-3-17-8-9(2)14-11-12(16)15(7-6-13-11)10-4-5-10/h6-7,9-10H,3-5,8H2,1-2H3,(H,13,14). The normalized spacial score (nSPS) is 16.8. The third-order valence-corrected chi connectivity index (χ3v) is 3.91. The molecule has 5 heteroatoms. The average Bonchev–Trinajstić information content (AvgIpc) is 3.13. The highest BCUT2D eigenvalue weighted by Gasteiger charge is 2.25. The molecule has 1 N–H and O–H groups in total. The Bertz CT molecular complexity index is 428. The second kappa shape index (κ2) is 5.58. The molecule has 1 aliphatic rings. The Kier molecular flexibility index (Phi) is 4.10. The molecule has 0 spiro atoms. The predicted molar refractivity (Wildman–Crippen MR) is 72.9 cm³/mol. The van der Waals surface area contributed by atoms with Crippen molar-refractivity contribution in [1.82, 2.24) is 9.55 Å². The van der Waals surface area contributed by atoms with E-state index in [1.165, 1.54) is 0 Å². The van der Waals surface area contributed by atoms with E-state index in [4.69, 9.17) is 0 Å². The van der Waals surface area contributed by atoms with E-state index < -0.39 is 0 Å². The van der Waals surface area contributed by atoms with Crippen molar-refractivity contribution in [2.45, 2.75) is 38.8 Å². The molecule has 1 saturated carbocycles. The van der Waals surface area contributed by atoms with Crippen molar-refractivity contribution in [3.05, 3.63) is 22.7 Å². The number of rotatable bonds is 6. The van der Waals surface area contributed by atoms with Crippen LogP contribution in [-0.4, -0.2) is 27.1 Å². The van der Waals surface area contributed by atoms with Gasteiger partial charge in [-0.2, -0.15) is 11.8 Å². The van der Waals surface area contributed by atoms with Gasteiger partial charge in [-0.05, 0) is 25.5 Å². The summed E-state index contributed by atoms with van der Waals surface area (Å²) < 4.78 is 1.80. The number of nitrogens with one attached hydrogen (secondary N) is 1. The second-order valence-corrected chi connectivity index (χ2v) is 5.74. The van der Waals surface area contributed by atoms with Crippen molar-refractivity contribution in [1.29, 1.82) is 0 Å². The monoisotopic (exact) mass is 253 g/mol. The van der Waals surface area contributed by atoms with E-state index in [-0.39, 0.29) is 11.6 Å². The molecule has 1 aliphatic carbocycles. The Balaban J connectivity index is 2.05. The molecule has 1 aromatic heterocycles. The summed E-state index contributed by atoms with van der Waals surface area (Å²) in [5.41, 5.74) is 0.0170. The quantitative estimate of drug-likeness (QED) is 0.843. The average molecular weight is 253 g/mol. The molecule has 1 heterocycles. The summed E-state index contributed by atoms with van der Waals surface area (Å²) in [6.45, 7) is 4.22. The van der Waals surface area contributed by atoms with Crippen LogP contribution in [0.3, 0.4) is 0 Å². The van der Waals surface area contributed by atoms with Crippen LogP contribution < -0.4 is 10.9 Å². The molecule has 1 aromatic rings. The predicted octanol–water partition coefficient (Wildman–Crippen LogP) is 2.13. The maximum atomic E-state index is 12.1. The number of anilines is 1. The summed E-state index contributed by atoms with van der Waals surface area (Å²) in [5.74, 6) is 2.58. The van der Waals surface area contributed by atoms with Crippen molar-refractivity contribution >= 4 is 17.6 Å². The molecule has 0 amide bonds. The topological polar surface area (TPSA) is 46.9 Å². The van der Waals surface area contributed by atoms with Gasteiger partial charge in [0.05, 0.1) is 0 Å². The Hall–Kier alpha value is -0.970. The van der Waals surface area contributed by atoms with Crippen LogP contribution in [0.2, 0.25) is 0 Å². The summed E-state index contributed by atoms with van der Waals surface area (Å²) in [7, 11) is 0. The van der Waals surface area contributed by atoms with Gasteiger partial charge in [-0.15, -0.1) is 0 Å². The van der Waals surface area contributed by atoms with Gasteiger partial charge in [0.1, 0.15) is 0 Å². The zero-order valence-electron chi connectivity index (χ0n) is 10.3. The summed E-state index contributed by atoms with van der Waals surface area (Å²) in [6, 6.07) is 0.682. The molecule has 2 rings (SSSR count). The Morgan fingerprint density at radius 1 is 1.65 bits per heavy atom. The van der Waals surface area contributed by atoms with Gasteiger partial charge < -0.3 is 9.88 Å². The lowest BCUT2D eigenvalue weighted by molar-refractivity contribution is 0.697. The van der Waals surface area contributed by atoms with Crippen molar-refractivity contribution in [2.75, 3.05) is 16.8 Å². The van der Waals surface area contributed by atoms with Crippen LogP contribution in [-0.2, 0) is 0 Å². The van der Waals surface area contributed by atoms with E-state index in [1.807, 2.05) is 11.8 Å². The van der Waals surface area contributed by atoms with E-state index in [0.717, 1.165) is 24.3 Å². The molecule has 1 atom stereocenters. The van der Waals surface area contributed by atoms with Crippen LogP contribution in [0.15, 0.2) is 17.2 Å². The number of nitrogens with zero attached hydrogens (tertiary/aromatic N) is 2. The molecule has 0 aromatic carbocycles. The highest BCUT2D eigenvalue weighted by molar-refractivity contribution is 7.99. The van der Waals surface area contributed by atoms with Gasteiger partial charge in [-0.1, -0.05) is 6.92 Å². The fourth-order valence-corrected chi connectivity index (χ4v) is 2.41. The lowest BCUT2D eigenvalue weighted by atomic mass is 10.4. The van der Waals surface area contributed by atoms with E-state index in [0.29, 0.717) is 11.9 Å². The molecule has 0 saturated heterocycles. The van der Waals surface area contributed by atoms with Gasteiger partial charge in [0.2, 0.25) is 0 Å². The first-order valence-electron chi connectivity index (χ1n) is 6.13. The third kappa shape index (κ3) is 3.25. The number of hydrogen-bond acceptors (Lipinski definition) is 4. The first-order valence-corrected chi connectivity index (χ1v) is 7.29. The number of aromatic nitrogens is 2. The fraction of sp³-hybridized carbons (Fsp3) is 0.667. The molecule has 0 bridgehead atoms. The minimum atomic E-state index is 0.0170. The summed E-state index contributed by atoms with van der Waals surface area (Å²) in [6.07, 6.45) is 5.73. The Labute approximate surface area is 106 Å². The second-order valence-electron chi connectivity index (χ2n) is 4.42. The van der Waals surface area contributed by atoms with Crippen molar-refractivity contribution in [3.63, 3.8) is 0 Å². The first-order chi connectivity index (χ1) is 8.22. The van der Waals surface area contributed by atoms with Crippen LogP contribution in [0.5, 0.6) is 0 Å². The molecule has 94 valence electrons. The van der Waals surface area contributed by atoms with Crippen molar-refractivity contribution in [2.24, 2.45) is 0 Å². The van der Waals surface area contributed by atoms with Gasteiger partial charge in [0, 0.05) is 30.2 Å².